The molecule has 7 heteroatoms. The van der Waals surface area contributed by atoms with E-state index in [-0.39, 0.29) is 24.3 Å². The molecule has 0 fully saturated rings. The van der Waals surface area contributed by atoms with Crippen molar-refractivity contribution in [3.05, 3.63) is 29.3 Å². The standard InChI is InChI=1S/C11H15NO5S/c1-8-3-4-9(11(13)14)10(7-8)12-5-2-6-18(15,16)17/h3-4,7,12H,2,5-6H2,1H3,(H,13,14)(H,15,16,17). The largest absolute Gasteiger partial charge is 0.478 e. The van der Waals surface area contributed by atoms with Gasteiger partial charge in [0.15, 0.2) is 0 Å². The SMILES string of the molecule is Cc1ccc(C(=O)O)c(NCCCS(=O)(=O)O)c1. The van der Waals surface area contributed by atoms with Crippen molar-refractivity contribution in [3.63, 3.8) is 0 Å². The minimum atomic E-state index is -3.97. The van der Waals surface area contributed by atoms with Crippen LogP contribution >= 0.6 is 0 Å². The van der Waals surface area contributed by atoms with E-state index in [1.165, 1.54) is 6.07 Å². The van der Waals surface area contributed by atoms with Crippen molar-refractivity contribution in [1.29, 1.82) is 0 Å². The summed E-state index contributed by atoms with van der Waals surface area (Å²) in [6.45, 7) is 2.10. The summed E-state index contributed by atoms with van der Waals surface area (Å²) in [7, 11) is -3.97. The number of carbonyl (C=O) groups is 1. The summed E-state index contributed by atoms with van der Waals surface area (Å²) in [5, 5.41) is 11.8. The predicted octanol–water partition coefficient (Wildman–Crippen LogP) is 1.38. The molecule has 0 saturated carbocycles. The third-order valence-electron chi connectivity index (χ3n) is 2.30. The van der Waals surface area contributed by atoms with E-state index in [1.54, 1.807) is 12.1 Å². The summed E-state index contributed by atoms with van der Waals surface area (Å²) < 4.78 is 29.6. The van der Waals surface area contributed by atoms with Crippen LogP contribution in [0.2, 0.25) is 0 Å². The highest BCUT2D eigenvalue weighted by Crippen LogP contribution is 2.17. The van der Waals surface area contributed by atoms with Crippen molar-refractivity contribution < 1.29 is 22.9 Å². The number of anilines is 1. The Bertz CT molecular complexity index is 538. The maximum Gasteiger partial charge on any atom is 0.337 e. The van der Waals surface area contributed by atoms with E-state index in [0.717, 1.165) is 5.56 Å². The molecule has 1 aromatic carbocycles. The molecule has 18 heavy (non-hydrogen) atoms. The molecule has 0 radical (unpaired) electrons. The first-order chi connectivity index (χ1) is 8.29. The van der Waals surface area contributed by atoms with Crippen molar-refractivity contribution in [2.24, 2.45) is 0 Å². The molecule has 0 saturated heterocycles. The maximum atomic E-state index is 10.9. The molecule has 0 aliphatic rings. The molecular formula is C11H15NO5S. The van der Waals surface area contributed by atoms with E-state index in [9.17, 15) is 13.2 Å². The first-order valence-corrected chi connectivity index (χ1v) is 6.93. The van der Waals surface area contributed by atoms with Crippen LogP contribution in [-0.4, -0.2) is 36.3 Å². The number of benzene rings is 1. The maximum absolute atomic E-state index is 10.9. The second kappa shape index (κ2) is 5.83. The second-order valence-electron chi connectivity index (χ2n) is 3.92. The molecule has 0 spiro atoms. The lowest BCUT2D eigenvalue weighted by Crippen LogP contribution is -2.12. The van der Waals surface area contributed by atoms with Gasteiger partial charge in [-0.2, -0.15) is 8.42 Å². The van der Waals surface area contributed by atoms with Crippen LogP contribution in [0.3, 0.4) is 0 Å². The Kier molecular flexibility index (Phi) is 4.69. The fraction of sp³-hybridized carbons (Fsp3) is 0.364. The van der Waals surface area contributed by atoms with E-state index in [0.29, 0.717) is 5.69 Å². The number of nitrogens with one attached hydrogen (secondary N) is 1. The van der Waals surface area contributed by atoms with E-state index < -0.39 is 16.1 Å². The van der Waals surface area contributed by atoms with E-state index in [2.05, 4.69) is 5.32 Å². The third-order valence-corrected chi connectivity index (χ3v) is 3.10. The normalized spacial score (nSPS) is 11.2. The van der Waals surface area contributed by atoms with Crippen LogP contribution in [0, 0.1) is 6.92 Å². The van der Waals surface area contributed by atoms with Crippen LogP contribution < -0.4 is 5.32 Å². The summed E-state index contributed by atoms with van der Waals surface area (Å²) in [6, 6.07) is 4.85. The Morgan fingerprint density at radius 1 is 1.39 bits per heavy atom. The van der Waals surface area contributed by atoms with Crippen LogP contribution in [0.4, 0.5) is 5.69 Å². The third kappa shape index (κ3) is 4.72. The number of hydrogen-bond donors (Lipinski definition) is 3. The predicted molar refractivity (Wildman–Crippen MR) is 67.7 cm³/mol. The van der Waals surface area contributed by atoms with Gasteiger partial charge in [0.05, 0.1) is 11.3 Å². The number of hydrogen-bond acceptors (Lipinski definition) is 4. The first-order valence-electron chi connectivity index (χ1n) is 5.32. The fourth-order valence-electron chi connectivity index (χ4n) is 1.47. The van der Waals surface area contributed by atoms with Gasteiger partial charge in [0, 0.05) is 12.2 Å². The minimum absolute atomic E-state index is 0.132. The van der Waals surface area contributed by atoms with Crippen LogP contribution in [0.1, 0.15) is 22.3 Å². The van der Waals surface area contributed by atoms with Gasteiger partial charge in [0.1, 0.15) is 0 Å². The topological polar surface area (TPSA) is 104 Å². The van der Waals surface area contributed by atoms with Gasteiger partial charge in [-0.3, -0.25) is 4.55 Å². The van der Waals surface area contributed by atoms with E-state index in [4.69, 9.17) is 9.66 Å². The molecule has 0 atom stereocenters. The molecule has 1 rings (SSSR count). The highest BCUT2D eigenvalue weighted by Gasteiger charge is 2.10. The highest BCUT2D eigenvalue weighted by atomic mass is 32.2. The lowest BCUT2D eigenvalue weighted by atomic mass is 10.1. The summed E-state index contributed by atoms with van der Waals surface area (Å²) >= 11 is 0. The number of aromatic carboxylic acids is 1. The molecule has 0 aromatic heterocycles. The average molecular weight is 273 g/mol. The summed E-state index contributed by atoms with van der Waals surface area (Å²) in [6.07, 6.45) is 0.200. The molecule has 0 unspecified atom stereocenters. The minimum Gasteiger partial charge on any atom is -0.478 e. The molecule has 3 N–H and O–H groups in total. The lowest BCUT2D eigenvalue weighted by Gasteiger charge is -2.10. The average Bonchev–Trinajstić information content (AvgIpc) is 2.22. The van der Waals surface area contributed by atoms with Crippen LogP contribution in [0.15, 0.2) is 18.2 Å². The molecule has 0 aliphatic heterocycles. The molecule has 0 bridgehead atoms. The van der Waals surface area contributed by atoms with Crippen LogP contribution in [-0.2, 0) is 10.1 Å². The quantitative estimate of drug-likeness (QED) is 0.534. The van der Waals surface area contributed by atoms with Crippen LogP contribution in [0.5, 0.6) is 0 Å². The zero-order chi connectivity index (χ0) is 13.8. The monoisotopic (exact) mass is 273 g/mol. The Labute approximate surface area is 105 Å². The van der Waals surface area contributed by atoms with Crippen molar-refractivity contribution in [1.82, 2.24) is 0 Å². The second-order valence-corrected chi connectivity index (χ2v) is 5.49. The van der Waals surface area contributed by atoms with Crippen molar-refractivity contribution in [3.8, 4) is 0 Å². The number of rotatable bonds is 6. The van der Waals surface area contributed by atoms with Gasteiger partial charge in [-0.05, 0) is 31.0 Å². The van der Waals surface area contributed by atoms with Gasteiger partial charge in [-0.1, -0.05) is 6.07 Å². The van der Waals surface area contributed by atoms with Gasteiger partial charge in [-0.15, -0.1) is 0 Å². The molecule has 0 aliphatic carbocycles. The van der Waals surface area contributed by atoms with E-state index >= 15 is 0 Å². The number of carboxylic acids is 1. The molecular weight excluding hydrogens is 258 g/mol. The van der Waals surface area contributed by atoms with Gasteiger partial charge < -0.3 is 10.4 Å². The summed E-state index contributed by atoms with van der Waals surface area (Å²) in [4.78, 5) is 10.9. The number of aryl methyl sites for hydroxylation is 1. The van der Waals surface area contributed by atoms with E-state index in [1.807, 2.05) is 6.92 Å². The Morgan fingerprint density at radius 2 is 2.06 bits per heavy atom. The highest BCUT2D eigenvalue weighted by molar-refractivity contribution is 7.85. The fourth-order valence-corrected chi connectivity index (χ4v) is 1.98. The van der Waals surface area contributed by atoms with Crippen molar-refractivity contribution in [2.45, 2.75) is 13.3 Å². The first kappa shape index (κ1) is 14.5. The Morgan fingerprint density at radius 3 is 2.61 bits per heavy atom. The zero-order valence-electron chi connectivity index (χ0n) is 9.88. The van der Waals surface area contributed by atoms with Crippen molar-refractivity contribution in [2.75, 3.05) is 17.6 Å². The molecule has 0 heterocycles. The summed E-state index contributed by atoms with van der Waals surface area (Å²) in [5.41, 5.74) is 1.47. The lowest BCUT2D eigenvalue weighted by molar-refractivity contribution is 0.0698. The Hall–Kier alpha value is -1.60. The molecule has 0 amide bonds. The van der Waals surface area contributed by atoms with Gasteiger partial charge >= 0.3 is 5.97 Å². The van der Waals surface area contributed by atoms with Gasteiger partial charge in [0.2, 0.25) is 0 Å². The molecule has 6 nitrogen and oxygen atoms in total. The van der Waals surface area contributed by atoms with Gasteiger partial charge in [0.25, 0.3) is 10.1 Å². The van der Waals surface area contributed by atoms with Gasteiger partial charge in [-0.25, -0.2) is 4.79 Å². The summed E-state index contributed by atoms with van der Waals surface area (Å²) in [5.74, 6) is -1.40. The molecule has 1 aromatic rings. The smallest absolute Gasteiger partial charge is 0.337 e. The van der Waals surface area contributed by atoms with Crippen molar-refractivity contribution >= 4 is 21.8 Å². The molecule has 100 valence electrons. The number of carboxylic acid groups (broad SMARTS) is 1. The van der Waals surface area contributed by atoms with Crippen LogP contribution in [0.25, 0.3) is 0 Å². The zero-order valence-corrected chi connectivity index (χ0v) is 10.7. The Balaban J connectivity index is 2.66.